The van der Waals surface area contributed by atoms with E-state index in [4.69, 9.17) is 0 Å². The highest BCUT2D eigenvalue weighted by Crippen LogP contribution is 2.24. The molecule has 7 heteroatoms. The molecule has 1 fully saturated rings. The fourth-order valence-electron chi connectivity index (χ4n) is 3.63. The van der Waals surface area contributed by atoms with Crippen LogP contribution in [0.15, 0.2) is 65.3 Å². The molecule has 0 spiro atoms. The predicted octanol–water partition coefficient (Wildman–Crippen LogP) is 4.58. The molecule has 5 nitrogen and oxygen atoms in total. The molecule has 1 aliphatic rings. The van der Waals surface area contributed by atoms with E-state index in [2.05, 4.69) is 36.1 Å². The Labute approximate surface area is 183 Å². The summed E-state index contributed by atoms with van der Waals surface area (Å²) in [7, 11) is 0. The van der Waals surface area contributed by atoms with E-state index in [9.17, 15) is 9.18 Å². The minimum Gasteiger partial charge on any atom is -0.356 e. The molecule has 0 bridgehead atoms. The number of anilines is 1. The Morgan fingerprint density at radius 3 is 2.83 bits per heavy atom. The molecular weight excluding hydrogens is 447 g/mol. The second-order valence-corrected chi connectivity index (χ2v) is 8.29. The zero-order chi connectivity index (χ0) is 20.9. The van der Waals surface area contributed by atoms with E-state index in [1.54, 1.807) is 18.3 Å². The van der Waals surface area contributed by atoms with E-state index in [-0.39, 0.29) is 17.6 Å². The number of hydrogen-bond acceptors (Lipinski definition) is 4. The third-order valence-corrected chi connectivity index (χ3v) is 5.75. The van der Waals surface area contributed by atoms with Crippen molar-refractivity contribution in [3.63, 3.8) is 0 Å². The standard InChI is InChI=1S/C23H22BrFN4O/c24-19-8-6-16(7-9-19)14-27-23(30)18-4-2-12-29(15-18)21-10-11-26-22(28-21)17-3-1-5-20(25)13-17/h1,3,5-11,13,18H,2,4,12,14-15H2,(H,27,30)/t18-/m0/s1. The van der Waals surface area contributed by atoms with Crippen molar-refractivity contribution >= 4 is 27.7 Å². The van der Waals surface area contributed by atoms with Gasteiger partial charge in [-0.3, -0.25) is 4.79 Å². The maximum absolute atomic E-state index is 13.6. The summed E-state index contributed by atoms with van der Waals surface area (Å²) in [5.74, 6) is 0.884. The summed E-state index contributed by atoms with van der Waals surface area (Å²) in [6, 6.07) is 16.0. The molecule has 1 N–H and O–H groups in total. The molecule has 4 rings (SSSR count). The number of benzene rings is 2. The second-order valence-electron chi connectivity index (χ2n) is 7.38. The highest BCUT2D eigenvalue weighted by atomic mass is 79.9. The van der Waals surface area contributed by atoms with Gasteiger partial charge in [-0.05, 0) is 48.7 Å². The Bertz CT molecular complexity index is 1030. The van der Waals surface area contributed by atoms with Gasteiger partial charge < -0.3 is 10.2 Å². The van der Waals surface area contributed by atoms with Crippen LogP contribution in [0.2, 0.25) is 0 Å². The summed E-state index contributed by atoms with van der Waals surface area (Å²) in [6.45, 7) is 1.95. The highest BCUT2D eigenvalue weighted by molar-refractivity contribution is 9.10. The third-order valence-electron chi connectivity index (χ3n) is 5.22. The van der Waals surface area contributed by atoms with Gasteiger partial charge in [0.05, 0.1) is 5.92 Å². The highest BCUT2D eigenvalue weighted by Gasteiger charge is 2.26. The van der Waals surface area contributed by atoms with Crippen LogP contribution in [0.3, 0.4) is 0 Å². The van der Waals surface area contributed by atoms with Gasteiger partial charge in [-0.15, -0.1) is 0 Å². The number of carbonyl (C=O) groups excluding carboxylic acids is 1. The topological polar surface area (TPSA) is 58.1 Å². The fourth-order valence-corrected chi connectivity index (χ4v) is 3.89. The van der Waals surface area contributed by atoms with Gasteiger partial charge in [0.1, 0.15) is 11.6 Å². The van der Waals surface area contributed by atoms with Crippen LogP contribution in [0.25, 0.3) is 11.4 Å². The number of halogens is 2. The number of nitrogens with one attached hydrogen (secondary N) is 1. The van der Waals surface area contributed by atoms with Gasteiger partial charge in [0.15, 0.2) is 5.82 Å². The number of nitrogens with zero attached hydrogens (tertiary/aromatic N) is 3. The summed E-state index contributed by atoms with van der Waals surface area (Å²) >= 11 is 3.42. The Morgan fingerprint density at radius 2 is 2.03 bits per heavy atom. The lowest BCUT2D eigenvalue weighted by Gasteiger charge is -2.33. The van der Waals surface area contributed by atoms with Crippen molar-refractivity contribution in [2.24, 2.45) is 5.92 Å². The number of aromatic nitrogens is 2. The lowest BCUT2D eigenvalue weighted by Crippen LogP contribution is -2.43. The Hall–Kier alpha value is -2.80. The number of carbonyl (C=O) groups is 1. The van der Waals surface area contributed by atoms with Gasteiger partial charge in [0.2, 0.25) is 5.91 Å². The lowest BCUT2D eigenvalue weighted by molar-refractivity contribution is -0.125. The quantitative estimate of drug-likeness (QED) is 0.595. The van der Waals surface area contributed by atoms with Crippen molar-refractivity contribution in [1.29, 1.82) is 0 Å². The van der Waals surface area contributed by atoms with Gasteiger partial charge in [0.25, 0.3) is 0 Å². The average molecular weight is 469 g/mol. The van der Waals surface area contributed by atoms with E-state index in [0.717, 1.165) is 35.2 Å². The van der Waals surface area contributed by atoms with E-state index in [0.29, 0.717) is 24.5 Å². The first-order valence-electron chi connectivity index (χ1n) is 9.94. The average Bonchev–Trinajstić information content (AvgIpc) is 2.79. The lowest BCUT2D eigenvalue weighted by atomic mass is 9.97. The first-order chi connectivity index (χ1) is 14.6. The minimum absolute atomic E-state index is 0.0574. The van der Waals surface area contributed by atoms with Crippen LogP contribution in [-0.4, -0.2) is 29.0 Å². The molecule has 0 unspecified atom stereocenters. The summed E-state index contributed by atoms with van der Waals surface area (Å²) in [4.78, 5) is 23.7. The number of amides is 1. The van der Waals surface area contributed by atoms with Gasteiger partial charge in [-0.1, -0.05) is 40.2 Å². The van der Waals surface area contributed by atoms with Gasteiger partial charge >= 0.3 is 0 Å². The molecule has 154 valence electrons. The molecule has 30 heavy (non-hydrogen) atoms. The van der Waals surface area contributed by atoms with Crippen molar-refractivity contribution in [3.05, 3.63) is 76.6 Å². The second kappa shape index (κ2) is 9.34. The summed E-state index contributed by atoms with van der Waals surface area (Å²) < 4.78 is 14.6. The Balaban J connectivity index is 1.41. The summed E-state index contributed by atoms with van der Waals surface area (Å²) in [6.07, 6.45) is 3.44. The van der Waals surface area contributed by atoms with Crippen molar-refractivity contribution in [3.8, 4) is 11.4 Å². The molecule has 0 aliphatic carbocycles. The first-order valence-corrected chi connectivity index (χ1v) is 10.7. The molecule has 1 amide bonds. The smallest absolute Gasteiger partial charge is 0.225 e. The number of rotatable bonds is 5. The van der Waals surface area contributed by atoms with E-state index in [1.807, 2.05) is 30.3 Å². The number of piperidine rings is 1. The first kappa shape index (κ1) is 20.5. The van der Waals surface area contributed by atoms with E-state index >= 15 is 0 Å². The monoisotopic (exact) mass is 468 g/mol. The largest absolute Gasteiger partial charge is 0.356 e. The third kappa shape index (κ3) is 5.02. The molecule has 1 saturated heterocycles. The van der Waals surface area contributed by atoms with Gasteiger partial charge in [-0.25, -0.2) is 14.4 Å². The maximum Gasteiger partial charge on any atom is 0.225 e. The molecule has 3 aromatic rings. The summed E-state index contributed by atoms with van der Waals surface area (Å²) in [5, 5.41) is 3.05. The summed E-state index contributed by atoms with van der Waals surface area (Å²) in [5.41, 5.74) is 1.70. The molecule has 0 radical (unpaired) electrons. The van der Waals surface area contributed by atoms with Crippen LogP contribution in [0.1, 0.15) is 18.4 Å². The Kier molecular flexibility index (Phi) is 6.38. The predicted molar refractivity (Wildman–Crippen MR) is 118 cm³/mol. The van der Waals surface area contributed by atoms with Crippen molar-refractivity contribution in [2.75, 3.05) is 18.0 Å². The number of hydrogen-bond donors (Lipinski definition) is 1. The molecule has 1 aliphatic heterocycles. The van der Waals surface area contributed by atoms with Crippen LogP contribution in [-0.2, 0) is 11.3 Å². The minimum atomic E-state index is -0.318. The van der Waals surface area contributed by atoms with Crippen molar-refractivity contribution < 1.29 is 9.18 Å². The SMILES string of the molecule is O=C(NCc1ccc(Br)cc1)[C@H]1CCCN(c2ccnc(-c3cccc(F)c3)n2)C1. The van der Waals surface area contributed by atoms with E-state index in [1.165, 1.54) is 12.1 Å². The molecule has 1 atom stereocenters. The van der Waals surface area contributed by atoms with Crippen LogP contribution in [0.4, 0.5) is 10.2 Å². The zero-order valence-corrected chi connectivity index (χ0v) is 18.0. The van der Waals surface area contributed by atoms with E-state index < -0.39 is 0 Å². The Morgan fingerprint density at radius 1 is 1.20 bits per heavy atom. The molecule has 2 aromatic carbocycles. The molecular formula is C23H22BrFN4O. The molecule has 1 aromatic heterocycles. The molecule has 2 heterocycles. The zero-order valence-electron chi connectivity index (χ0n) is 16.4. The van der Waals surface area contributed by atoms with Crippen LogP contribution < -0.4 is 10.2 Å². The van der Waals surface area contributed by atoms with Crippen LogP contribution >= 0.6 is 15.9 Å². The van der Waals surface area contributed by atoms with Gasteiger partial charge in [-0.2, -0.15) is 0 Å². The fraction of sp³-hybridized carbons (Fsp3) is 0.261. The molecule has 0 saturated carbocycles. The van der Waals surface area contributed by atoms with Crippen LogP contribution in [0, 0.1) is 11.7 Å². The van der Waals surface area contributed by atoms with Crippen molar-refractivity contribution in [1.82, 2.24) is 15.3 Å². The van der Waals surface area contributed by atoms with Gasteiger partial charge in [0, 0.05) is 35.9 Å². The van der Waals surface area contributed by atoms with Crippen molar-refractivity contribution in [2.45, 2.75) is 19.4 Å². The van der Waals surface area contributed by atoms with Crippen LogP contribution in [0.5, 0.6) is 0 Å². The maximum atomic E-state index is 13.6. The normalized spacial score (nSPS) is 16.3.